The van der Waals surface area contributed by atoms with Crippen LogP contribution in [0, 0.1) is 5.92 Å². The molecule has 2 rings (SSSR count). The number of nitrogens with two attached hydrogens (primary N) is 2. The van der Waals surface area contributed by atoms with Crippen molar-refractivity contribution in [2.75, 3.05) is 30.0 Å². The number of carbonyl (C=O) groups excluding carboxylic acids is 1. The average Bonchev–Trinajstić information content (AvgIpc) is 2.47. The number of aromatic nitrogens is 3. The monoisotopic (exact) mass is 281 g/mol. The smallest absolute Gasteiger partial charge is 0.323 e. The first-order valence-corrected chi connectivity index (χ1v) is 6.53. The Hall–Kier alpha value is -2.16. The minimum Gasteiger partial charge on any atom is -0.464 e. The molecule has 0 aliphatic carbocycles. The second-order valence-electron chi connectivity index (χ2n) is 4.51. The summed E-state index contributed by atoms with van der Waals surface area (Å²) in [5.74, 6) is 5.50. The van der Waals surface area contributed by atoms with Crippen molar-refractivity contribution in [2.24, 2.45) is 17.5 Å². The minimum atomic E-state index is -0.300. The zero-order chi connectivity index (χ0) is 14.5. The maximum Gasteiger partial charge on any atom is 0.323 e. The van der Waals surface area contributed by atoms with Gasteiger partial charge in [0.05, 0.1) is 12.5 Å². The van der Waals surface area contributed by atoms with Crippen molar-refractivity contribution < 1.29 is 9.53 Å². The number of nitrogens with zero attached hydrogens (tertiary/aromatic N) is 4. The van der Waals surface area contributed by atoms with Crippen molar-refractivity contribution in [3.8, 4) is 6.01 Å². The van der Waals surface area contributed by atoms with E-state index in [-0.39, 0.29) is 23.8 Å². The number of nitrogens with one attached hydrogen (secondary N) is 1. The van der Waals surface area contributed by atoms with E-state index in [1.165, 1.54) is 0 Å². The van der Waals surface area contributed by atoms with Crippen molar-refractivity contribution in [1.82, 2.24) is 15.0 Å². The molecule has 0 spiro atoms. The third-order valence-corrected chi connectivity index (χ3v) is 3.11. The van der Waals surface area contributed by atoms with Crippen LogP contribution in [0.1, 0.15) is 19.8 Å². The molecule has 1 aromatic heterocycles. The minimum absolute atomic E-state index is 0.189. The van der Waals surface area contributed by atoms with Gasteiger partial charge in [0.2, 0.25) is 17.8 Å². The topological polar surface area (TPSA) is 132 Å². The first-order valence-electron chi connectivity index (χ1n) is 6.53. The summed E-state index contributed by atoms with van der Waals surface area (Å²) >= 11 is 0. The van der Waals surface area contributed by atoms with Gasteiger partial charge in [-0.1, -0.05) is 0 Å². The Morgan fingerprint density at radius 3 is 2.95 bits per heavy atom. The van der Waals surface area contributed by atoms with E-state index in [0.717, 1.165) is 19.4 Å². The van der Waals surface area contributed by atoms with Crippen LogP contribution in [0.4, 0.5) is 11.9 Å². The van der Waals surface area contributed by atoms with E-state index in [2.05, 4.69) is 20.4 Å². The SMILES string of the molecule is CCOc1nc(NN)nc(N2CCCC(C(N)=O)C2)n1. The molecule has 110 valence electrons. The van der Waals surface area contributed by atoms with Gasteiger partial charge < -0.3 is 15.4 Å². The zero-order valence-corrected chi connectivity index (χ0v) is 11.4. The van der Waals surface area contributed by atoms with Crippen LogP contribution >= 0.6 is 0 Å². The number of rotatable bonds is 5. The lowest BCUT2D eigenvalue weighted by Crippen LogP contribution is -2.42. The van der Waals surface area contributed by atoms with Crippen LogP contribution in [-0.4, -0.2) is 40.6 Å². The molecule has 20 heavy (non-hydrogen) atoms. The largest absolute Gasteiger partial charge is 0.464 e. The fraction of sp³-hybridized carbons (Fsp3) is 0.636. The van der Waals surface area contributed by atoms with E-state index < -0.39 is 0 Å². The predicted octanol–water partition coefficient (Wildman–Crippen LogP) is -0.742. The van der Waals surface area contributed by atoms with Crippen LogP contribution in [0.15, 0.2) is 0 Å². The third kappa shape index (κ3) is 3.23. The molecule has 1 saturated heterocycles. The summed E-state index contributed by atoms with van der Waals surface area (Å²) in [4.78, 5) is 25.6. The van der Waals surface area contributed by atoms with Crippen molar-refractivity contribution >= 4 is 17.8 Å². The summed E-state index contributed by atoms with van der Waals surface area (Å²) in [6, 6.07) is 0.201. The Morgan fingerprint density at radius 1 is 1.50 bits per heavy atom. The Labute approximate surface area is 116 Å². The molecule has 2 heterocycles. The van der Waals surface area contributed by atoms with Gasteiger partial charge in [0.25, 0.3) is 0 Å². The second-order valence-corrected chi connectivity index (χ2v) is 4.51. The standard InChI is InChI=1S/C11H19N7O2/c1-2-20-11-15-9(17-13)14-10(16-11)18-5-3-4-7(6-18)8(12)19/h7H,2-6,13H2,1H3,(H2,12,19)(H,14,15,16,17). The number of hydrogen-bond acceptors (Lipinski definition) is 8. The van der Waals surface area contributed by atoms with E-state index in [4.69, 9.17) is 16.3 Å². The van der Waals surface area contributed by atoms with Crippen LogP contribution in [0.3, 0.4) is 0 Å². The molecule has 1 aliphatic rings. The van der Waals surface area contributed by atoms with Gasteiger partial charge >= 0.3 is 6.01 Å². The zero-order valence-electron chi connectivity index (χ0n) is 11.4. The maximum atomic E-state index is 11.3. The Bertz CT molecular complexity index is 482. The highest BCUT2D eigenvalue weighted by Gasteiger charge is 2.26. The van der Waals surface area contributed by atoms with Crippen LogP contribution in [0.5, 0.6) is 6.01 Å². The summed E-state index contributed by atoms with van der Waals surface area (Å²) in [7, 11) is 0. The molecule has 1 fully saturated rings. The van der Waals surface area contributed by atoms with Gasteiger partial charge in [-0.15, -0.1) is 0 Å². The molecular formula is C11H19N7O2. The van der Waals surface area contributed by atoms with Crippen LogP contribution in [0.25, 0.3) is 0 Å². The van der Waals surface area contributed by atoms with Gasteiger partial charge in [-0.3, -0.25) is 10.2 Å². The number of amides is 1. The van der Waals surface area contributed by atoms with Crippen LogP contribution in [-0.2, 0) is 4.79 Å². The summed E-state index contributed by atoms with van der Waals surface area (Å²) in [5, 5.41) is 0. The molecule has 9 heteroatoms. The summed E-state index contributed by atoms with van der Waals surface area (Å²) in [6.45, 7) is 3.53. The highest BCUT2D eigenvalue weighted by atomic mass is 16.5. The van der Waals surface area contributed by atoms with E-state index in [0.29, 0.717) is 19.1 Å². The van der Waals surface area contributed by atoms with E-state index in [1.807, 2.05) is 11.8 Å². The lowest BCUT2D eigenvalue weighted by molar-refractivity contribution is -0.122. The van der Waals surface area contributed by atoms with Crippen molar-refractivity contribution in [3.05, 3.63) is 0 Å². The lowest BCUT2D eigenvalue weighted by Gasteiger charge is -2.31. The van der Waals surface area contributed by atoms with E-state index in [9.17, 15) is 4.79 Å². The number of primary amides is 1. The summed E-state index contributed by atoms with van der Waals surface area (Å²) in [6.07, 6.45) is 1.64. The molecule has 0 bridgehead atoms. The molecular weight excluding hydrogens is 262 g/mol. The first-order chi connectivity index (χ1) is 9.63. The molecule has 1 atom stereocenters. The number of piperidine rings is 1. The highest BCUT2D eigenvalue weighted by Crippen LogP contribution is 2.22. The number of hydrogen-bond donors (Lipinski definition) is 3. The molecule has 1 aromatic rings. The van der Waals surface area contributed by atoms with Gasteiger partial charge in [-0.25, -0.2) is 5.84 Å². The highest BCUT2D eigenvalue weighted by molar-refractivity contribution is 5.77. The average molecular weight is 281 g/mol. The number of ether oxygens (including phenoxy) is 1. The lowest BCUT2D eigenvalue weighted by atomic mass is 9.98. The van der Waals surface area contributed by atoms with Crippen LogP contribution in [0.2, 0.25) is 0 Å². The molecule has 0 radical (unpaired) electrons. The Kier molecular flexibility index (Phi) is 4.51. The van der Waals surface area contributed by atoms with Gasteiger partial charge in [-0.2, -0.15) is 15.0 Å². The molecule has 0 saturated carbocycles. The normalized spacial score (nSPS) is 18.7. The van der Waals surface area contributed by atoms with Crippen molar-refractivity contribution in [3.63, 3.8) is 0 Å². The quantitative estimate of drug-likeness (QED) is 0.474. The first kappa shape index (κ1) is 14.3. The van der Waals surface area contributed by atoms with Gasteiger partial charge in [0.1, 0.15) is 0 Å². The molecule has 0 aromatic carbocycles. The summed E-state index contributed by atoms with van der Waals surface area (Å²) in [5.41, 5.74) is 7.74. The molecule has 5 N–H and O–H groups in total. The van der Waals surface area contributed by atoms with Gasteiger partial charge in [0, 0.05) is 13.1 Å². The molecule has 1 amide bonds. The fourth-order valence-corrected chi connectivity index (χ4v) is 2.14. The maximum absolute atomic E-state index is 11.3. The number of hydrazine groups is 1. The van der Waals surface area contributed by atoms with Crippen molar-refractivity contribution in [1.29, 1.82) is 0 Å². The van der Waals surface area contributed by atoms with Crippen LogP contribution < -0.4 is 26.6 Å². The second kappa shape index (κ2) is 6.33. The fourth-order valence-electron chi connectivity index (χ4n) is 2.14. The third-order valence-electron chi connectivity index (χ3n) is 3.11. The number of anilines is 2. The van der Waals surface area contributed by atoms with Gasteiger partial charge in [0.15, 0.2) is 0 Å². The predicted molar refractivity (Wildman–Crippen MR) is 72.9 cm³/mol. The summed E-state index contributed by atoms with van der Waals surface area (Å²) < 4.78 is 5.28. The van der Waals surface area contributed by atoms with Crippen molar-refractivity contribution in [2.45, 2.75) is 19.8 Å². The molecule has 1 aliphatic heterocycles. The molecule has 9 nitrogen and oxygen atoms in total. The Morgan fingerprint density at radius 2 is 2.30 bits per heavy atom. The number of carbonyl (C=O) groups is 1. The molecule has 1 unspecified atom stereocenters. The van der Waals surface area contributed by atoms with E-state index >= 15 is 0 Å². The number of nitrogen functional groups attached to an aromatic ring is 1. The van der Waals surface area contributed by atoms with E-state index in [1.54, 1.807) is 0 Å². The Balaban J connectivity index is 2.21. The van der Waals surface area contributed by atoms with Gasteiger partial charge in [-0.05, 0) is 19.8 Å².